The molecule has 69 heavy (non-hydrogen) atoms. The standard InChI is InChI=1S/C51H55Cl2FN4O10S/c1-31-42-32(2)46(53)47(45(31)52)67-39(27-58-16-14-57(3)15-17-58)29-65-38-12-13-40(66-28-33-6-5-7-37(24-33)64-23-22-63-21-20-62-19-18-61-4)35(25-38)26-41(51(59)60)68-49-44-43(42)48(69-50(44)56-30-55-49)34-8-10-36(54)11-9-34/h5-13,24-25,30,39,41H,14-23,26-29H2,1-4H3,(H,59,60)/t39-,41-/m1/s1. The smallest absolute Gasteiger partial charge is 0.345 e. The second-order valence-electron chi connectivity index (χ2n) is 16.8. The Hall–Kier alpha value is -5.30. The average Bonchev–Trinajstić information content (AvgIpc) is 3.73. The van der Waals surface area contributed by atoms with E-state index in [9.17, 15) is 14.3 Å². The maximum atomic E-state index is 14.4. The molecular weight excluding hydrogens is 951 g/mol. The minimum Gasteiger partial charge on any atom is -0.491 e. The van der Waals surface area contributed by atoms with Gasteiger partial charge < -0.3 is 47.9 Å². The molecule has 0 unspecified atom stereocenters. The van der Waals surface area contributed by atoms with Crippen molar-refractivity contribution in [2.45, 2.75) is 39.1 Å². The zero-order chi connectivity index (χ0) is 48.4. The number of carbonyl (C=O) groups is 1. The summed E-state index contributed by atoms with van der Waals surface area (Å²) in [4.78, 5) is 28.3. The third-order valence-electron chi connectivity index (χ3n) is 12.0. The van der Waals surface area contributed by atoms with Gasteiger partial charge in [0.05, 0.1) is 48.5 Å². The number of carboxylic acids is 1. The van der Waals surface area contributed by atoms with Crippen LogP contribution in [0.1, 0.15) is 22.3 Å². The molecule has 3 aliphatic rings. The molecule has 0 spiro atoms. The second-order valence-corrected chi connectivity index (χ2v) is 18.6. The maximum absolute atomic E-state index is 14.4. The van der Waals surface area contributed by atoms with E-state index >= 15 is 0 Å². The van der Waals surface area contributed by atoms with Gasteiger partial charge >= 0.3 is 5.97 Å². The molecule has 1 saturated heterocycles. The van der Waals surface area contributed by atoms with Crippen molar-refractivity contribution in [3.63, 3.8) is 0 Å². The predicted octanol–water partition coefficient (Wildman–Crippen LogP) is 9.19. The molecule has 5 heterocycles. The van der Waals surface area contributed by atoms with Gasteiger partial charge in [-0.1, -0.05) is 47.5 Å². The highest BCUT2D eigenvalue weighted by molar-refractivity contribution is 7.22. The van der Waals surface area contributed by atoms with Crippen molar-refractivity contribution in [2.75, 3.05) is 93.1 Å². The van der Waals surface area contributed by atoms with E-state index < -0.39 is 24.0 Å². The minimum absolute atomic E-state index is 0.0300. The van der Waals surface area contributed by atoms with Crippen LogP contribution in [0, 0.1) is 19.7 Å². The molecule has 3 aliphatic heterocycles. The van der Waals surface area contributed by atoms with Gasteiger partial charge in [0.1, 0.15) is 60.1 Å². The van der Waals surface area contributed by atoms with Gasteiger partial charge in [0, 0.05) is 62.3 Å². The Morgan fingerprint density at radius 1 is 0.870 bits per heavy atom. The number of hydrogen-bond donors (Lipinski definition) is 1. The minimum atomic E-state index is -1.46. The summed E-state index contributed by atoms with van der Waals surface area (Å²) in [5.74, 6) is 0.253. The highest BCUT2D eigenvalue weighted by Gasteiger charge is 2.32. The van der Waals surface area contributed by atoms with Crippen molar-refractivity contribution in [1.82, 2.24) is 19.8 Å². The summed E-state index contributed by atoms with van der Waals surface area (Å²) in [5, 5.41) is 11.9. The van der Waals surface area contributed by atoms with Gasteiger partial charge in [0.15, 0.2) is 5.75 Å². The molecule has 4 bridgehead atoms. The number of nitrogens with zero attached hydrogens (tertiary/aromatic N) is 4. The van der Waals surface area contributed by atoms with Crippen molar-refractivity contribution < 1.29 is 52.2 Å². The zero-order valence-electron chi connectivity index (χ0n) is 38.9. The lowest BCUT2D eigenvalue weighted by atomic mass is 9.92. The number of ether oxygens (including phenoxy) is 8. The van der Waals surface area contributed by atoms with Gasteiger partial charge in [-0.05, 0) is 91.2 Å². The molecule has 6 aromatic rings. The Labute approximate surface area is 414 Å². The number of aromatic nitrogens is 2. The number of hydrogen-bond acceptors (Lipinski definition) is 14. The molecular formula is C51H55Cl2FN4O10S. The Morgan fingerprint density at radius 3 is 2.32 bits per heavy atom. The number of aliphatic carboxylic acids is 1. The summed E-state index contributed by atoms with van der Waals surface area (Å²) in [6.45, 7) is 10.7. The van der Waals surface area contributed by atoms with Crippen molar-refractivity contribution in [3.05, 3.63) is 111 Å². The van der Waals surface area contributed by atoms with E-state index in [-0.39, 0.29) is 25.5 Å². The predicted molar refractivity (Wildman–Crippen MR) is 264 cm³/mol. The normalized spacial score (nSPS) is 16.7. The van der Waals surface area contributed by atoms with Crippen LogP contribution in [-0.2, 0) is 32.0 Å². The number of piperazine rings is 1. The monoisotopic (exact) mass is 1000 g/mol. The molecule has 366 valence electrons. The highest BCUT2D eigenvalue weighted by Crippen LogP contribution is 2.53. The largest absolute Gasteiger partial charge is 0.491 e. The lowest BCUT2D eigenvalue weighted by Gasteiger charge is -2.35. The number of rotatable bonds is 17. The van der Waals surface area contributed by atoms with E-state index in [2.05, 4.69) is 26.8 Å². The topological polar surface area (TPSA) is 143 Å². The van der Waals surface area contributed by atoms with Crippen molar-refractivity contribution >= 4 is 50.7 Å². The zero-order valence-corrected chi connectivity index (χ0v) is 41.3. The first-order chi connectivity index (χ1) is 33.5. The Bertz CT molecular complexity index is 2690. The first-order valence-corrected chi connectivity index (χ1v) is 24.3. The van der Waals surface area contributed by atoms with E-state index in [0.29, 0.717) is 128 Å². The molecule has 2 atom stereocenters. The van der Waals surface area contributed by atoms with Crippen LogP contribution in [0.15, 0.2) is 73.1 Å². The molecule has 1 fully saturated rings. The van der Waals surface area contributed by atoms with E-state index in [1.807, 2.05) is 38.1 Å². The van der Waals surface area contributed by atoms with E-state index in [0.717, 1.165) is 31.7 Å². The second kappa shape index (κ2) is 23.5. The van der Waals surface area contributed by atoms with Crippen molar-refractivity contribution in [1.29, 1.82) is 0 Å². The summed E-state index contributed by atoms with van der Waals surface area (Å²) in [6, 6.07) is 19.0. The van der Waals surface area contributed by atoms with E-state index in [1.165, 1.54) is 29.8 Å². The number of likely N-dealkylation sites (N-methyl/N-ethyl adjacent to an activating group) is 1. The quantitative estimate of drug-likeness (QED) is 0.0868. The molecule has 1 N–H and O–H groups in total. The van der Waals surface area contributed by atoms with Gasteiger partial charge in [0.25, 0.3) is 0 Å². The molecule has 0 saturated carbocycles. The molecule has 0 radical (unpaired) electrons. The molecule has 4 aromatic carbocycles. The first kappa shape index (κ1) is 50.1. The molecule has 2 aromatic heterocycles. The number of fused-ring (bicyclic) bond motifs is 7. The fraction of sp³-hybridized carbons (Fsp3) is 0.392. The fourth-order valence-electron chi connectivity index (χ4n) is 8.28. The number of carboxylic acid groups (broad SMARTS) is 1. The fourth-order valence-corrected chi connectivity index (χ4v) is 9.94. The van der Waals surface area contributed by atoms with Gasteiger partial charge in [-0.3, -0.25) is 4.90 Å². The van der Waals surface area contributed by atoms with Crippen LogP contribution < -0.4 is 23.7 Å². The van der Waals surface area contributed by atoms with Crippen LogP contribution in [0.2, 0.25) is 10.0 Å². The average molecular weight is 1010 g/mol. The van der Waals surface area contributed by atoms with Gasteiger partial charge in [-0.2, -0.15) is 0 Å². The molecule has 0 amide bonds. The lowest BCUT2D eigenvalue weighted by Crippen LogP contribution is -2.49. The Balaban J connectivity index is 1.15. The molecule has 14 nitrogen and oxygen atoms in total. The number of methoxy groups -OCH3 is 1. The summed E-state index contributed by atoms with van der Waals surface area (Å²) in [6.07, 6.45) is -0.793. The summed E-state index contributed by atoms with van der Waals surface area (Å²) >= 11 is 16.0. The van der Waals surface area contributed by atoms with Crippen LogP contribution in [0.5, 0.6) is 28.9 Å². The first-order valence-electron chi connectivity index (χ1n) is 22.7. The molecule has 9 rings (SSSR count). The summed E-state index contributed by atoms with van der Waals surface area (Å²) in [7, 11) is 3.73. The number of benzene rings is 4. The van der Waals surface area contributed by atoms with Gasteiger partial charge in [-0.15, -0.1) is 11.3 Å². The van der Waals surface area contributed by atoms with E-state index in [1.54, 1.807) is 37.4 Å². The van der Waals surface area contributed by atoms with Crippen molar-refractivity contribution in [2.24, 2.45) is 0 Å². The lowest BCUT2D eigenvalue weighted by molar-refractivity contribution is -0.145. The third-order valence-corrected chi connectivity index (χ3v) is 14.0. The Morgan fingerprint density at radius 2 is 1.59 bits per heavy atom. The van der Waals surface area contributed by atoms with Crippen LogP contribution in [0.25, 0.3) is 31.8 Å². The molecule has 0 aliphatic carbocycles. The summed E-state index contributed by atoms with van der Waals surface area (Å²) in [5.41, 5.74) is 4.62. The third kappa shape index (κ3) is 12.4. The highest BCUT2D eigenvalue weighted by atomic mass is 35.5. The summed E-state index contributed by atoms with van der Waals surface area (Å²) < 4.78 is 62.7. The van der Waals surface area contributed by atoms with Crippen LogP contribution in [0.4, 0.5) is 4.39 Å². The maximum Gasteiger partial charge on any atom is 0.345 e. The van der Waals surface area contributed by atoms with Crippen LogP contribution in [-0.4, -0.2) is 136 Å². The number of thiophene rings is 1. The number of halogens is 3. The van der Waals surface area contributed by atoms with Gasteiger partial charge in [0.2, 0.25) is 12.0 Å². The van der Waals surface area contributed by atoms with E-state index in [4.69, 9.17) is 61.1 Å². The SMILES string of the molecule is COCCOCCOCCOc1cccc(COc2ccc3cc2C[C@H](C(=O)O)Oc2ncnc4sc(-c5ccc(F)cc5)c(c24)-c2c(C)c(Cl)c(c(Cl)c2C)O[C@H](CN2CCN(C)CC2)CO3)c1. The Kier molecular flexibility index (Phi) is 17.1. The van der Waals surface area contributed by atoms with Gasteiger partial charge in [-0.25, -0.2) is 19.2 Å². The molecule has 18 heteroatoms. The van der Waals surface area contributed by atoms with Crippen LogP contribution >= 0.6 is 34.5 Å². The van der Waals surface area contributed by atoms with Crippen molar-refractivity contribution in [3.8, 4) is 50.4 Å². The van der Waals surface area contributed by atoms with Crippen LogP contribution in [0.3, 0.4) is 0 Å².